The molecule has 0 radical (unpaired) electrons. The van der Waals surface area contributed by atoms with Gasteiger partial charge in [0.25, 0.3) is 0 Å². The molecule has 0 unspecified atom stereocenters. The Morgan fingerprint density at radius 2 is 1.71 bits per heavy atom. The molecule has 7 nitrogen and oxygen atoms in total. The van der Waals surface area contributed by atoms with E-state index in [1.807, 2.05) is 37.5 Å². The maximum atomic E-state index is 13.6. The number of imidazole rings is 1. The number of rotatable bonds is 8. The SMILES string of the molecule is CC(C)(C)c1nc(-c2ccc(F)cc2)c(-c2ccncc2)n1/C=C/[C@H](O)C[C@H](O)CC(=O)O.[NaH]. The Hall–Kier alpha value is -2.36. The van der Waals surface area contributed by atoms with Crippen molar-refractivity contribution in [2.24, 2.45) is 0 Å². The number of aliphatic carboxylic acids is 1. The second-order valence-corrected chi connectivity index (χ2v) is 8.89. The Labute approximate surface area is 220 Å². The van der Waals surface area contributed by atoms with Crippen LogP contribution in [0.25, 0.3) is 28.7 Å². The maximum absolute atomic E-state index is 13.6. The molecular weight excluding hydrogens is 448 g/mol. The average Bonchev–Trinajstić information content (AvgIpc) is 3.13. The molecule has 0 amide bonds. The van der Waals surface area contributed by atoms with Gasteiger partial charge in [-0.2, -0.15) is 0 Å². The molecule has 0 bridgehead atoms. The fourth-order valence-corrected chi connectivity index (χ4v) is 3.53. The third kappa shape index (κ3) is 7.07. The number of aromatic nitrogens is 3. The van der Waals surface area contributed by atoms with Crippen LogP contribution in [-0.2, 0) is 10.2 Å². The molecule has 34 heavy (non-hydrogen) atoms. The number of hydrogen-bond donors (Lipinski definition) is 3. The Kier molecular flexibility index (Phi) is 9.73. The number of carboxylic acid groups (broad SMARTS) is 1. The zero-order chi connectivity index (χ0) is 24.2. The van der Waals surface area contributed by atoms with E-state index in [1.54, 1.807) is 30.7 Å². The summed E-state index contributed by atoms with van der Waals surface area (Å²) in [4.78, 5) is 19.8. The summed E-state index contributed by atoms with van der Waals surface area (Å²) in [6.45, 7) is 6.03. The topological polar surface area (TPSA) is 108 Å². The van der Waals surface area contributed by atoms with Crippen molar-refractivity contribution in [2.45, 2.75) is 51.2 Å². The van der Waals surface area contributed by atoms with Crippen molar-refractivity contribution < 1.29 is 24.5 Å². The van der Waals surface area contributed by atoms with Crippen LogP contribution in [0, 0.1) is 5.82 Å². The van der Waals surface area contributed by atoms with Gasteiger partial charge >= 0.3 is 35.5 Å². The van der Waals surface area contributed by atoms with E-state index >= 15 is 0 Å². The zero-order valence-electron chi connectivity index (χ0n) is 18.8. The van der Waals surface area contributed by atoms with Crippen LogP contribution >= 0.6 is 0 Å². The molecule has 9 heteroatoms. The third-order valence-corrected chi connectivity index (χ3v) is 5.03. The van der Waals surface area contributed by atoms with Crippen LogP contribution < -0.4 is 0 Å². The molecule has 3 rings (SSSR count). The molecule has 0 aliphatic rings. The number of pyridine rings is 1. The molecule has 2 atom stereocenters. The van der Waals surface area contributed by atoms with Crippen LogP contribution in [0.3, 0.4) is 0 Å². The number of halogens is 1. The molecule has 0 fully saturated rings. The standard InChI is InChI=1S/C25H28FN3O4.Na.H/c1-25(2,3)24-28-22(16-4-6-18(26)7-5-16)23(17-8-11-27-12-9-17)29(24)13-10-19(30)14-20(31)15-21(32)33;;/h4-13,19-20,30-31H,14-15H2,1-3H3,(H,32,33);;/b13-10+;;/t19-,20-;;/m0../s1. The molecule has 0 saturated carbocycles. The molecule has 2 aromatic heterocycles. The minimum absolute atomic E-state index is 0. The van der Waals surface area contributed by atoms with Gasteiger partial charge in [-0.05, 0) is 42.5 Å². The Bertz CT molecular complexity index is 1130. The van der Waals surface area contributed by atoms with Crippen molar-refractivity contribution in [1.29, 1.82) is 0 Å². The van der Waals surface area contributed by atoms with Crippen LogP contribution in [0.4, 0.5) is 4.39 Å². The summed E-state index contributed by atoms with van der Waals surface area (Å²) >= 11 is 0. The Morgan fingerprint density at radius 3 is 2.26 bits per heavy atom. The van der Waals surface area contributed by atoms with Gasteiger partial charge in [0.05, 0.1) is 30.0 Å². The summed E-state index contributed by atoms with van der Waals surface area (Å²) in [6.07, 6.45) is 3.72. The van der Waals surface area contributed by atoms with Gasteiger partial charge in [0, 0.05) is 41.6 Å². The first-order chi connectivity index (χ1) is 15.6. The molecule has 3 N–H and O–H groups in total. The monoisotopic (exact) mass is 477 g/mol. The van der Waals surface area contributed by atoms with Crippen molar-refractivity contribution in [2.75, 3.05) is 0 Å². The second-order valence-electron chi connectivity index (χ2n) is 8.89. The van der Waals surface area contributed by atoms with E-state index < -0.39 is 24.6 Å². The summed E-state index contributed by atoms with van der Waals surface area (Å²) in [7, 11) is 0. The molecule has 0 aliphatic carbocycles. The molecule has 3 aromatic rings. The summed E-state index contributed by atoms with van der Waals surface area (Å²) in [5.41, 5.74) is 2.58. The van der Waals surface area contributed by atoms with Gasteiger partial charge < -0.3 is 19.9 Å². The van der Waals surface area contributed by atoms with Gasteiger partial charge in [-0.25, -0.2) is 9.37 Å². The predicted octanol–water partition coefficient (Wildman–Crippen LogP) is 3.46. The van der Waals surface area contributed by atoms with Crippen molar-refractivity contribution in [3.63, 3.8) is 0 Å². The first kappa shape index (κ1) is 27.9. The summed E-state index contributed by atoms with van der Waals surface area (Å²) in [5, 5.41) is 29.0. The van der Waals surface area contributed by atoms with E-state index in [0.29, 0.717) is 11.5 Å². The number of carbonyl (C=O) groups is 1. The van der Waals surface area contributed by atoms with E-state index in [0.717, 1.165) is 16.8 Å². The van der Waals surface area contributed by atoms with Crippen LogP contribution in [0.5, 0.6) is 0 Å². The summed E-state index contributed by atoms with van der Waals surface area (Å²) in [6, 6.07) is 9.78. The zero-order valence-corrected chi connectivity index (χ0v) is 18.8. The van der Waals surface area contributed by atoms with Gasteiger partial charge in [-0.15, -0.1) is 0 Å². The fourth-order valence-electron chi connectivity index (χ4n) is 3.53. The molecule has 0 spiro atoms. The number of benzene rings is 1. The van der Waals surface area contributed by atoms with Crippen molar-refractivity contribution in [3.8, 4) is 22.5 Å². The molecule has 1 aromatic carbocycles. The number of aliphatic hydroxyl groups is 2. The first-order valence-electron chi connectivity index (χ1n) is 10.6. The molecule has 0 aliphatic heterocycles. The Balaban J connectivity index is 0.00000408. The van der Waals surface area contributed by atoms with Crippen LogP contribution in [0.2, 0.25) is 0 Å². The predicted molar refractivity (Wildman–Crippen MR) is 131 cm³/mol. The van der Waals surface area contributed by atoms with E-state index in [2.05, 4.69) is 4.98 Å². The average molecular weight is 478 g/mol. The second kappa shape index (κ2) is 11.9. The van der Waals surface area contributed by atoms with Gasteiger partial charge in [-0.1, -0.05) is 20.8 Å². The van der Waals surface area contributed by atoms with Crippen LogP contribution in [0.15, 0.2) is 54.9 Å². The van der Waals surface area contributed by atoms with Crippen molar-refractivity contribution >= 4 is 41.7 Å². The van der Waals surface area contributed by atoms with E-state index in [-0.39, 0.29) is 47.2 Å². The number of nitrogens with zero attached hydrogens (tertiary/aromatic N) is 3. The van der Waals surface area contributed by atoms with Gasteiger partial charge in [0.2, 0.25) is 0 Å². The number of carboxylic acids is 1. The number of hydrogen-bond acceptors (Lipinski definition) is 5. The fraction of sp³-hybridized carbons (Fsp3) is 0.320. The van der Waals surface area contributed by atoms with E-state index in [9.17, 15) is 19.4 Å². The van der Waals surface area contributed by atoms with Gasteiger partial charge in [-0.3, -0.25) is 9.78 Å². The Morgan fingerprint density at radius 1 is 1.09 bits per heavy atom. The molecule has 176 valence electrons. The normalized spacial score (nSPS) is 13.5. The van der Waals surface area contributed by atoms with E-state index in [4.69, 9.17) is 10.1 Å². The van der Waals surface area contributed by atoms with Crippen molar-refractivity contribution in [3.05, 3.63) is 66.5 Å². The molecule has 0 saturated heterocycles. The van der Waals surface area contributed by atoms with Crippen LogP contribution in [0.1, 0.15) is 39.4 Å². The van der Waals surface area contributed by atoms with Gasteiger partial charge in [0.1, 0.15) is 11.6 Å². The summed E-state index contributed by atoms with van der Waals surface area (Å²) in [5.74, 6) is -0.766. The third-order valence-electron chi connectivity index (χ3n) is 5.03. The summed E-state index contributed by atoms with van der Waals surface area (Å²) < 4.78 is 15.4. The van der Waals surface area contributed by atoms with E-state index in [1.165, 1.54) is 18.2 Å². The molecular formula is C25H29FN3NaO4. The quantitative estimate of drug-likeness (QED) is 0.429. The molecule has 2 heterocycles. The minimum atomic E-state index is -1.17. The van der Waals surface area contributed by atoms with Crippen LogP contribution in [-0.4, -0.2) is 77.6 Å². The van der Waals surface area contributed by atoms with Gasteiger partial charge in [0.15, 0.2) is 0 Å². The first-order valence-corrected chi connectivity index (χ1v) is 10.6. The number of aliphatic hydroxyl groups excluding tert-OH is 2. The van der Waals surface area contributed by atoms with Crippen molar-refractivity contribution in [1.82, 2.24) is 14.5 Å².